The van der Waals surface area contributed by atoms with Crippen LogP contribution in [0.2, 0.25) is 0 Å². The summed E-state index contributed by atoms with van der Waals surface area (Å²) in [5.41, 5.74) is 3.15. The van der Waals surface area contributed by atoms with Gasteiger partial charge >= 0.3 is 5.97 Å². The molecule has 1 aliphatic heterocycles. The van der Waals surface area contributed by atoms with E-state index in [0.29, 0.717) is 0 Å². The van der Waals surface area contributed by atoms with E-state index in [9.17, 15) is 4.79 Å². The van der Waals surface area contributed by atoms with E-state index in [1.165, 1.54) is 0 Å². The molecule has 0 aliphatic carbocycles. The molecule has 0 bridgehead atoms. The van der Waals surface area contributed by atoms with Crippen molar-refractivity contribution >= 4 is 5.97 Å². The highest BCUT2D eigenvalue weighted by atomic mass is 16.7. The van der Waals surface area contributed by atoms with E-state index in [1.807, 2.05) is 0 Å². The van der Waals surface area contributed by atoms with Crippen molar-refractivity contribution in [2.45, 2.75) is 0 Å². The van der Waals surface area contributed by atoms with Crippen LogP contribution >= 0.6 is 0 Å². The summed E-state index contributed by atoms with van der Waals surface area (Å²) >= 11 is 0. The van der Waals surface area contributed by atoms with Gasteiger partial charge in [-0.3, -0.25) is 0 Å². The molecule has 1 radical (unpaired) electrons. The SMILES string of the molecule is O=C1C[N]O1. The Labute approximate surface area is 28.9 Å². The molecule has 1 heterocycles. The van der Waals surface area contributed by atoms with Crippen molar-refractivity contribution < 1.29 is 9.63 Å². The van der Waals surface area contributed by atoms with E-state index in [4.69, 9.17) is 0 Å². The highest BCUT2D eigenvalue weighted by molar-refractivity contribution is 5.74. The van der Waals surface area contributed by atoms with Crippen LogP contribution in [0.4, 0.5) is 0 Å². The lowest BCUT2D eigenvalue weighted by molar-refractivity contribution is -0.170. The molecule has 1 saturated heterocycles. The van der Waals surface area contributed by atoms with Crippen LogP contribution in [0.15, 0.2) is 0 Å². The molecule has 0 aromatic heterocycles. The maximum absolute atomic E-state index is 9.58. The predicted molar refractivity (Wildman–Crippen MR) is 13.1 cm³/mol. The van der Waals surface area contributed by atoms with Crippen LogP contribution in [0, 0.1) is 0 Å². The molecule has 27 valence electrons. The summed E-state index contributed by atoms with van der Waals surface area (Å²) in [5.74, 6) is -0.231. The van der Waals surface area contributed by atoms with Crippen molar-refractivity contribution in [1.82, 2.24) is 5.48 Å². The van der Waals surface area contributed by atoms with Gasteiger partial charge in [0.15, 0.2) is 6.54 Å². The summed E-state index contributed by atoms with van der Waals surface area (Å²) in [6.45, 7) is 0.250. The minimum absolute atomic E-state index is 0.231. The van der Waals surface area contributed by atoms with Crippen LogP contribution in [0.1, 0.15) is 0 Å². The molecule has 0 spiro atoms. The lowest BCUT2D eigenvalue weighted by atomic mass is 10.6. The maximum atomic E-state index is 9.58. The molecule has 3 heteroatoms. The van der Waals surface area contributed by atoms with E-state index in [2.05, 4.69) is 10.3 Å². The molecular weight excluding hydrogens is 70.0 g/mol. The smallest absolute Gasteiger partial charge is 0.346 e. The topological polar surface area (TPSA) is 40.4 Å². The number of hydrogen-bond donors (Lipinski definition) is 0. The van der Waals surface area contributed by atoms with Gasteiger partial charge in [0.2, 0.25) is 0 Å². The number of rotatable bonds is 0. The minimum Gasteiger partial charge on any atom is -0.348 e. The minimum atomic E-state index is -0.231. The average Bonchev–Trinajstić information content (AvgIpc) is 1.30. The van der Waals surface area contributed by atoms with E-state index >= 15 is 0 Å². The van der Waals surface area contributed by atoms with Crippen molar-refractivity contribution in [3.8, 4) is 0 Å². The third kappa shape index (κ3) is 0.238. The van der Waals surface area contributed by atoms with Crippen molar-refractivity contribution in [2.24, 2.45) is 0 Å². The van der Waals surface area contributed by atoms with E-state index in [0.717, 1.165) is 0 Å². The quantitative estimate of drug-likeness (QED) is 0.370. The first-order valence-electron chi connectivity index (χ1n) is 1.26. The van der Waals surface area contributed by atoms with Gasteiger partial charge in [-0.1, -0.05) is 0 Å². The number of hydroxylamine groups is 1. The summed E-state index contributed by atoms with van der Waals surface area (Å²) in [6.07, 6.45) is 0. The standard InChI is InChI=1S/C2H2NO2/c4-2-1-3-5-2/h1H2. The third-order valence-corrected chi connectivity index (χ3v) is 0.360. The molecule has 3 nitrogen and oxygen atoms in total. The van der Waals surface area contributed by atoms with Gasteiger partial charge in [0.1, 0.15) is 0 Å². The van der Waals surface area contributed by atoms with Crippen LogP contribution in [0.3, 0.4) is 0 Å². The zero-order valence-electron chi connectivity index (χ0n) is 2.47. The molecule has 1 fully saturated rings. The second-order valence-electron chi connectivity index (χ2n) is 0.751. The van der Waals surface area contributed by atoms with Crippen molar-refractivity contribution in [3.05, 3.63) is 0 Å². The fraction of sp³-hybridized carbons (Fsp3) is 0.500. The molecule has 5 heavy (non-hydrogen) atoms. The van der Waals surface area contributed by atoms with E-state index in [1.54, 1.807) is 0 Å². The normalized spacial score (nSPS) is 20.4. The molecule has 0 unspecified atom stereocenters. The number of hydrogen-bond acceptors (Lipinski definition) is 2. The van der Waals surface area contributed by atoms with Crippen LogP contribution in [0.5, 0.6) is 0 Å². The average molecular weight is 72.0 g/mol. The fourth-order valence-corrected chi connectivity index (χ4v) is 0.117. The Morgan fingerprint density at radius 1 is 2.00 bits per heavy atom. The molecule has 1 rings (SSSR count). The largest absolute Gasteiger partial charge is 0.348 e. The molecule has 1 aliphatic rings. The van der Waals surface area contributed by atoms with Crippen LogP contribution in [-0.2, 0) is 9.63 Å². The number of nitrogens with zero attached hydrogens (tertiary/aromatic N) is 1. The van der Waals surface area contributed by atoms with Gasteiger partial charge in [0.05, 0.1) is 0 Å². The summed E-state index contributed by atoms with van der Waals surface area (Å²) in [6, 6.07) is 0. The van der Waals surface area contributed by atoms with Crippen molar-refractivity contribution in [3.63, 3.8) is 0 Å². The van der Waals surface area contributed by atoms with Crippen LogP contribution < -0.4 is 5.48 Å². The molecule has 0 N–H and O–H groups in total. The number of carbonyl (C=O) groups is 1. The summed E-state index contributed by atoms with van der Waals surface area (Å²) in [4.78, 5) is 13.5. The highest BCUT2D eigenvalue weighted by Crippen LogP contribution is 1.82. The molecule has 0 aromatic carbocycles. The van der Waals surface area contributed by atoms with Gasteiger partial charge in [-0.25, -0.2) is 4.79 Å². The first-order valence-corrected chi connectivity index (χ1v) is 1.26. The first kappa shape index (κ1) is 2.66. The van der Waals surface area contributed by atoms with Gasteiger partial charge in [-0.15, -0.1) is 0 Å². The highest BCUT2D eigenvalue weighted by Gasteiger charge is 2.13. The van der Waals surface area contributed by atoms with Crippen molar-refractivity contribution in [1.29, 1.82) is 0 Å². The zero-order valence-corrected chi connectivity index (χ0v) is 2.47. The lowest BCUT2D eigenvalue weighted by Crippen LogP contribution is -2.32. The number of carbonyl (C=O) groups excluding carboxylic acids is 1. The Morgan fingerprint density at radius 3 is 2.40 bits per heavy atom. The Bertz CT molecular complexity index is 54.7. The Hall–Kier alpha value is -0.570. The van der Waals surface area contributed by atoms with Crippen LogP contribution in [-0.4, -0.2) is 12.5 Å². The Balaban J connectivity index is 2.32. The van der Waals surface area contributed by atoms with Crippen molar-refractivity contribution in [2.75, 3.05) is 6.54 Å². The Morgan fingerprint density at radius 2 is 2.40 bits per heavy atom. The van der Waals surface area contributed by atoms with Gasteiger partial charge in [0.25, 0.3) is 0 Å². The zero-order chi connectivity index (χ0) is 3.70. The maximum Gasteiger partial charge on any atom is 0.346 e. The summed E-state index contributed by atoms with van der Waals surface area (Å²) in [5, 5.41) is 0. The predicted octanol–water partition coefficient (Wildman–Crippen LogP) is -0.937. The molecule has 0 aromatic rings. The Kier molecular flexibility index (Phi) is 0.365. The lowest BCUT2D eigenvalue weighted by Gasteiger charge is -2.05. The van der Waals surface area contributed by atoms with E-state index in [-0.39, 0.29) is 12.5 Å². The van der Waals surface area contributed by atoms with E-state index < -0.39 is 0 Å². The summed E-state index contributed by atoms with van der Waals surface area (Å²) in [7, 11) is 0. The molecular formula is C2H2NO2. The fourth-order valence-electron chi connectivity index (χ4n) is 0.117. The van der Waals surface area contributed by atoms with Gasteiger partial charge in [-0.05, 0) is 5.48 Å². The van der Waals surface area contributed by atoms with Crippen LogP contribution in [0.25, 0.3) is 0 Å². The summed E-state index contributed by atoms with van der Waals surface area (Å²) < 4.78 is 0. The molecule has 0 atom stereocenters. The van der Waals surface area contributed by atoms with Gasteiger partial charge in [-0.2, -0.15) is 0 Å². The monoisotopic (exact) mass is 72.0 g/mol. The third-order valence-electron chi connectivity index (χ3n) is 0.360. The van der Waals surface area contributed by atoms with Gasteiger partial charge in [0, 0.05) is 0 Å². The van der Waals surface area contributed by atoms with Gasteiger partial charge < -0.3 is 4.84 Å². The second-order valence-corrected chi connectivity index (χ2v) is 0.751. The molecule has 0 amide bonds. The first-order chi connectivity index (χ1) is 2.39. The second kappa shape index (κ2) is 0.687. The molecule has 0 saturated carbocycles.